The fourth-order valence-corrected chi connectivity index (χ4v) is 2.19. The molecule has 1 heterocycles. The van der Waals surface area contributed by atoms with Crippen LogP contribution in [0, 0.1) is 0 Å². The van der Waals surface area contributed by atoms with Crippen molar-refractivity contribution in [2.24, 2.45) is 0 Å². The van der Waals surface area contributed by atoms with E-state index in [1.165, 1.54) is 11.3 Å². The highest BCUT2D eigenvalue weighted by Crippen LogP contribution is 2.27. The number of halogens is 3. The number of likely N-dealkylation sites (N-methyl/N-ethyl adjacent to an activating group) is 1. The van der Waals surface area contributed by atoms with Crippen LogP contribution in [0.15, 0.2) is 18.2 Å². The summed E-state index contributed by atoms with van der Waals surface area (Å²) in [5.41, 5.74) is 3.56. The van der Waals surface area contributed by atoms with Gasteiger partial charge >= 0.3 is 6.18 Å². The highest BCUT2D eigenvalue weighted by molar-refractivity contribution is 5.58. The molecular formula is C13H17F3N2. The van der Waals surface area contributed by atoms with E-state index in [0.29, 0.717) is 6.54 Å². The van der Waals surface area contributed by atoms with Gasteiger partial charge in [0.05, 0.1) is 6.42 Å². The van der Waals surface area contributed by atoms with E-state index < -0.39 is 12.6 Å². The summed E-state index contributed by atoms with van der Waals surface area (Å²) in [6, 6.07) is 6.10. The Morgan fingerprint density at radius 1 is 1.33 bits per heavy atom. The summed E-state index contributed by atoms with van der Waals surface area (Å²) in [4.78, 5) is 2.19. The number of benzene rings is 1. The molecule has 100 valence electrons. The van der Waals surface area contributed by atoms with Gasteiger partial charge in [0, 0.05) is 32.4 Å². The van der Waals surface area contributed by atoms with Gasteiger partial charge in [0.2, 0.25) is 0 Å². The molecule has 18 heavy (non-hydrogen) atoms. The van der Waals surface area contributed by atoms with Crippen LogP contribution in [0.5, 0.6) is 0 Å². The fraction of sp³-hybridized carbons (Fsp3) is 0.538. The molecule has 1 N–H and O–H groups in total. The Kier molecular flexibility index (Phi) is 3.80. The molecule has 5 heteroatoms. The molecule has 0 atom stereocenters. The van der Waals surface area contributed by atoms with Gasteiger partial charge in [-0.05, 0) is 23.6 Å². The summed E-state index contributed by atoms with van der Waals surface area (Å²) >= 11 is 0. The number of hydrogen-bond acceptors (Lipinski definition) is 2. The molecule has 0 fully saturated rings. The minimum absolute atomic E-state index is 0.0273. The molecule has 0 spiro atoms. The first kappa shape index (κ1) is 13.2. The van der Waals surface area contributed by atoms with Crippen molar-refractivity contribution in [3.05, 3.63) is 29.3 Å². The van der Waals surface area contributed by atoms with Gasteiger partial charge in [0.15, 0.2) is 0 Å². The minimum Gasteiger partial charge on any atom is -0.374 e. The van der Waals surface area contributed by atoms with Crippen LogP contribution in [0.3, 0.4) is 0 Å². The predicted octanol–water partition coefficient (Wildman–Crippen LogP) is 2.72. The van der Waals surface area contributed by atoms with Gasteiger partial charge in [-0.25, -0.2) is 0 Å². The molecule has 2 rings (SSSR count). The largest absolute Gasteiger partial charge is 0.390 e. The van der Waals surface area contributed by atoms with Crippen LogP contribution in [0.4, 0.5) is 18.9 Å². The highest BCUT2D eigenvalue weighted by Gasteiger charge is 2.25. The summed E-state index contributed by atoms with van der Waals surface area (Å²) in [6.45, 7) is 1.48. The Morgan fingerprint density at radius 3 is 2.83 bits per heavy atom. The van der Waals surface area contributed by atoms with Gasteiger partial charge in [-0.2, -0.15) is 13.2 Å². The average Bonchev–Trinajstić information content (AvgIpc) is 2.65. The topological polar surface area (TPSA) is 15.3 Å². The normalized spacial score (nSPS) is 15.0. The maximum Gasteiger partial charge on any atom is 0.390 e. The molecule has 0 saturated heterocycles. The van der Waals surface area contributed by atoms with Gasteiger partial charge in [0.1, 0.15) is 0 Å². The van der Waals surface area contributed by atoms with Crippen LogP contribution < -0.4 is 10.2 Å². The number of nitrogens with one attached hydrogen (secondary N) is 1. The smallest absolute Gasteiger partial charge is 0.374 e. The lowest BCUT2D eigenvalue weighted by molar-refractivity contribution is -0.133. The summed E-state index contributed by atoms with van der Waals surface area (Å²) in [6.07, 6.45) is -3.84. The molecule has 0 unspecified atom stereocenters. The predicted molar refractivity (Wildman–Crippen MR) is 65.8 cm³/mol. The number of fused-ring (bicyclic) bond motifs is 1. The monoisotopic (exact) mass is 258 g/mol. The number of hydrogen-bond donors (Lipinski definition) is 1. The number of anilines is 1. The van der Waals surface area contributed by atoms with E-state index in [4.69, 9.17) is 0 Å². The Balaban J connectivity index is 1.84. The van der Waals surface area contributed by atoms with Crippen molar-refractivity contribution in [1.82, 2.24) is 5.32 Å². The SMILES string of the molecule is CN1CCc2cc(CNCCC(F)(F)F)ccc21. The molecule has 0 bridgehead atoms. The van der Waals surface area contributed by atoms with Gasteiger partial charge in [0.25, 0.3) is 0 Å². The molecule has 1 aromatic carbocycles. The zero-order valence-electron chi connectivity index (χ0n) is 10.3. The highest BCUT2D eigenvalue weighted by atomic mass is 19.4. The van der Waals surface area contributed by atoms with E-state index in [2.05, 4.69) is 16.3 Å². The van der Waals surface area contributed by atoms with Crippen LogP contribution in [0.1, 0.15) is 17.5 Å². The molecule has 0 saturated carbocycles. The molecule has 0 amide bonds. The van der Waals surface area contributed by atoms with E-state index in [9.17, 15) is 13.2 Å². The number of nitrogens with zero attached hydrogens (tertiary/aromatic N) is 1. The van der Waals surface area contributed by atoms with Crippen molar-refractivity contribution in [2.75, 3.05) is 25.0 Å². The summed E-state index contributed by atoms with van der Waals surface area (Å²) < 4.78 is 35.9. The molecule has 1 aliphatic heterocycles. The standard InChI is InChI=1S/C13H17F3N2/c1-18-7-4-11-8-10(2-3-12(11)18)9-17-6-5-13(14,15)16/h2-3,8,17H,4-7,9H2,1H3. The van der Waals surface area contributed by atoms with Gasteiger partial charge in [-0.3, -0.25) is 0 Å². The van der Waals surface area contributed by atoms with E-state index >= 15 is 0 Å². The van der Waals surface area contributed by atoms with E-state index in [-0.39, 0.29) is 6.54 Å². The summed E-state index contributed by atoms with van der Waals surface area (Å²) in [7, 11) is 2.05. The van der Waals surface area contributed by atoms with Gasteiger partial charge < -0.3 is 10.2 Å². The van der Waals surface area contributed by atoms with Crippen LogP contribution in [0.25, 0.3) is 0 Å². The van der Waals surface area contributed by atoms with Crippen LogP contribution in [-0.2, 0) is 13.0 Å². The number of rotatable bonds is 4. The molecule has 1 aliphatic rings. The second-order valence-corrected chi connectivity index (χ2v) is 4.68. The summed E-state index contributed by atoms with van der Waals surface area (Å²) in [5, 5.41) is 2.83. The molecule has 0 aliphatic carbocycles. The quantitative estimate of drug-likeness (QED) is 0.835. The van der Waals surface area contributed by atoms with E-state index in [0.717, 1.165) is 18.5 Å². The van der Waals surface area contributed by atoms with E-state index in [1.54, 1.807) is 0 Å². The number of alkyl halides is 3. The molecule has 1 aromatic rings. The van der Waals surface area contributed by atoms with Crippen molar-refractivity contribution in [2.45, 2.75) is 25.6 Å². The average molecular weight is 258 g/mol. The zero-order chi connectivity index (χ0) is 13.2. The fourth-order valence-electron chi connectivity index (χ4n) is 2.19. The Morgan fingerprint density at radius 2 is 2.11 bits per heavy atom. The Hall–Kier alpha value is -1.23. The van der Waals surface area contributed by atoms with Crippen molar-refractivity contribution in [1.29, 1.82) is 0 Å². The van der Waals surface area contributed by atoms with E-state index in [1.807, 2.05) is 19.2 Å². The van der Waals surface area contributed by atoms with Crippen molar-refractivity contribution < 1.29 is 13.2 Å². The molecule has 2 nitrogen and oxygen atoms in total. The Labute approximate surface area is 105 Å². The third kappa shape index (κ3) is 3.38. The maximum absolute atomic E-state index is 12.0. The lowest BCUT2D eigenvalue weighted by atomic mass is 10.1. The molecule has 0 aromatic heterocycles. The second kappa shape index (κ2) is 5.18. The molecule has 0 radical (unpaired) electrons. The van der Waals surface area contributed by atoms with Crippen molar-refractivity contribution >= 4 is 5.69 Å². The third-order valence-corrected chi connectivity index (χ3v) is 3.19. The lowest BCUT2D eigenvalue weighted by Crippen LogP contribution is -2.21. The zero-order valence-corrected chi connectivity index (χ0v) is 10.3. The molecular weight excluding hydrogens is 241 g/mol. The van der Waals surface area contributed by atoms with Crippen molar-refractivity contribution in [3.8, 4) is 0 Å². The maximum atomic E-state index is 12.0. The van der Waals surface area contributed by atoms with Crippen LogP contribution in [0.2, 0.25) is 0 Å². The summed E-state index contributed by atoms with van der Waals surface area (Å²) in [5.74, 6) is 0. The van der Waals surface area contributed by atoms with Gasteiger partial charge in [-0.1, -0.05) is 12.1 Å². The van der Waals surface area contributed by atoms with Crippen molar-refractivity contribution in [3.63, 3.8) is 0 Å². The first-order chi connectivity index (χ1) is 8.46. The van der Waals surface area contributed by atoms with Crippen LogP contribution in [-0.4, -0.2) is 26.3 Å². The second-order valence-electron chi connectivity index (χ2n) is 4.68. The third-order valence-electron chi connectivity index (χ3n) is 3.19. The van der Waals surface area contributed by atoms with Gasteiger partial charge in [-0.15, -0.1) is 0 Å². The first-order valence-electron chi connectivity index (χ1n) is 6.06. The lowest BCUT2D eigenvalue weighted by Gasteiger charge is -2.12. The van der Waals surface area contributed by atoms with Crippen LogP contribution >= 0.6 is 0 Å². The Bertz CT molecular complexity index is 415. The minimum atomic E-state index is -4.08. The first-order valence-corrected chi connectivity index (χ1v) is 6.06.